The number of nitrogens with zero attached hydrogens (tertiary/aromatic N) is 2. The highest BCUT2D eigenvalue weighted by molar-refractivity contribution is 7.89. The smallest absolute Gasteiger partial charge is 0.243 e. The Morgan fingerprint density at radius 1 is 1.04 bits per heavy atom. The third kappa shape index (κ3) is 3.93. The standard InChI is InChI=1S/C19H28Cl2N2O2S/c1-4-5-6-22-10-14-12-23(13-15(11-22)19(14,2)3)26(24,25)18-8-16(20)7-17(21)9-18/h7-9,14-15H,4-6,10-13H2,1-3H3. The minimum atomic E-state index is -3.59. The average molecular weight is 419 g/mol. The lowest BCUT2D eigenvalue weighted by Gasteiger charge is -2.55. The fourth-order valence-corrected chi connectivity index (χ4v) is 6.50. The number of likely N-dealkylation sites (tertiary alicyclic amines) is 1. The normalized spacial score (nSPS) is 26.8. The van der Waals surface area contributed by atoms with Gasteiger partial charge in [-0.25, -0.2) is 8.42 Å². The summed E-state index contributed by atoms with van der Waals surface area (Å²) in [4.78, 5) is 2.71. The summed E-state index contributed by atoms with van der Waals surface area (Å²) in [5.74, 6) is 0.660. The highest BCUT2D eigenvalue weighted by Gasteiger charge is 2.49. The van der Waals surface area contributed by atoms with Gasteiger partial charge in [0.2, 0.25) is 10.0 Å². The molecule has 2 aliphatic rings. The molecule has 0 aromatic heterocycles. The Hall–Kier alpha value is -0.330. The van der Waals surface area contributed by atoms with Crippen LogP contribution in [0.3, 0.4) is 0 Å². The predicted octanol–water partition coefficient (Wildman–Crippen LogP) is 4.37. The second-order valence-corrected chi connectivity index (χ2v) is 11.1. The molecule has 0 radical (unpaired) electrons. The quantitative estimate of drug-likeness (QED) is 0.712. The Bertz CT molecular complexity index is 729. The van der Waals surface area contributed by atoms with Crippen LogP contribution >= 0.6 is 23.2 Å². The van der Waals surface area contributed by atoms with Crippen LogP contribution in [0.5, 0.6) is 0 Å². The van der Waals surface area contributed by atoms with Crippen molar-refractivity contribution >= 4 is 33.2 Å². The number of benzene rings is 1. The van der Waals surface area contributed by atoms with Crippen LogP contribution in [0.25, 0.3) is 0 Å². The maximum atomic E-state index is 13.2. The van der Waals surface area contributed by atoms with E-state index in [1.807, 2.05) is 0 Å². The molecule has 0 spiro atoms. The zero-order valence-corrected chi connectivity index (χ0v) is 18.0. The average Bonchev–Trinajstić information content (AvgIpc) is 2.51. The van der Waals surface area contributed by atoms with E-state index < -0.39 is 10.0 Å². The highest BCUT2D eigenvalue weighted by atomic mass is 35.5. The number of hydrogen-bond acceptors (Lipinski definition) is 3. The summed E-state index contributed by atoms with van der Waals surface area (Å²) < 4.78 is 28.0. The third-order valence-electron chi connectivity index (χ3n) is 6.21. The van der Waals surface area contributed by atoms with Crippen molar-refractivity contribution in [2.24, 2.45) is 17.3 Å². The number of fused-ring (bicyclic) bond motifs is 2. The third-order valence-corrected chi connectivity index (χ3v) is 8.46. The van der Waals surface area contributed by atoms with E-state index in [9.17, 15) is 8.42 Å². The Morgan fingerprint density at radius 2 is 1.58 bits per heavy atom. The van der Waals surface area contributed by atoms with Gasteiger partial charge in [-0.15, -0.1) is 0 Å². The van der Waals surface area contributed by atoms with E-state index in [2.05, 4.69) is 25.7 Å². The Morgan fingerprint density at radius 3 is 2.08 bits per heavy atom. The van der Waals surface area contributed by atoms with Crippen molar-refractivity contribution in [3.8, 4) is 0 Å². The number of unbranched alkanes of at least 4 members (excludes halogenated alkanes) is 1. The van der Waals surface area contributed by atoms with E-state index in [0.29, 0.717) is 35.0 Å². The summed E-state index contributed by atoms with van der Waals surface area (Å²) in [6.07, 6.45) is 2.38. The van der Waals surface area contributed by atoms with Gasteiger partial charge in [0.25, 0.3) is 0 Å². The lowest BCUT2D eigenvalue weighted by atomic mass is 9.64. The zero-order chi connectivity index (χ0) is 19.1. The van der Waals surface area contributed by atoms with Gasteiger partial charge in [0, 0.05) is 36.2 Å². The Kier molecular flexibility index (Phi) is 5.96. The maximum absolute atomic E-state index is 13.2. The van der Waals surface area contributed by atoms with Gasteiger partial charge in [0.05, 0.1) is 4.90 Å². The van der Waals surface area contributed by atoms with Crippen LogP contribution in [0.15, 0.2) is 23.1 Å². The number of rotatable bonds is 5. The van der Waals surface area contributed by atoms with Gasteiger partial charge in [-0.1, -0.05) is 50.4 Å². The molecule has 2 heterocycles. The lowest BCUT2D eigenvalue weighted by Crippen LogP contribution is -2.62. The van der Waals surface area contributed by atoms with Gasteiger partial charge < -0.3 is 4.90 Å². The molecule has 0 amide bonds. The summed E-state index contributed by atoms with van der Waals surface area (Å²) in [6, 6.07) is 4.54. The van der Waals surface area contributed by atoms with Gasteiger partial charge in [-0.05, 0) is 48.4 Å². The Labute approximate surface area is 167 Å². The monoisotopic (exact) mass is 418 g/mol. The lowest BCUT2D eigenvalue weighted by molar-refractivity contribution is -0.0493. The first-order valence-electron chi connectivity index (χ1n) is 9.33. The van der Waals surface area contributed by atoms with Crippen LogP contribution in [0.1, 0.15) is 33.6 Å². The topological polar surface area (TPSA) is 40.6 Å². The number of hydrogen-bond donors (Lipinski definition) is 0. The van der Waals surface area contributed by atoms with Crippen LogP contribution in [-0.4, -0.2) is 50.3 Å². The van der Waals surface area contributed by atoms with E-state index in [4.69, 9.17) is 23.2 Å². The number of halogens is 2. The number of sulfonamides is 1. The maximum Gasteiger partial charge on any atom is 0.243 e. The predicted molar refractivity (Wildman–Crippen MR) is 107 cm³/mol. The molecule has 26 heavy (non-hydrogen) atoms. The summed E-state index contributed by atoms with van der Waals surface area (Å²) in [5.41, 5.74) is 0.153. The van der Waals surface area contributed by atoms with Crippen molar-refractivity contribution < 1.29 is 8.42 Å². The van der Waals surface area contributed by atoms with Crippen LogP contribution in [0, 0.1) is 17.3 Å². The molecule has 2 atom stereocenters. The van der Waals surface area contributed by atoms with Crippen molar-refractivity contribution in [3.05, 3.63) is 28.2 Å². The first-order chi connectivity index (χ1) is 12.1. The summed E-state index contributed by atoms with van der Waals surface area (Å²) in [5, 5.41) is 0.693. The van der Waals surface area contributed by atoms with Gasteiger partial charge >= 0.3 is 0 Å². The van der Waals surface area contributed by atoms with Crippen molar-refractivity contribution in [1.82, 2.24) is 9.21 Å². The summed E-state index contributed by atoms with van der Waals surface area (Å²) in [7, 11) is -3.59. The molecule has 146 valence electrons. The molecule has 1 aromatic rings. The van der Waals surface area contributed by atoms with Crippen LogP contribution in [0.4, 0.5) is 0 Å². The molecule has 7 heteroatoms. The van der Waals surface area contributed by atoms with E-state index in [1.165, 1.54) is 25.0 Å². The molecular weight excluding hydrogens is 391 g/mol. The molecule has 0 aliphatic carbocycles. The fraction of sp³-hybridized carbons (Fsp3) is 0.684. The molecular formula is C19H28Cl2N2O2S. The molecule has 0 saturated carbocycles. The molecule has 4 nitrogen and oxygen atoms in total. The van der Waals surface area contributed by atoms with Crippen LogP contribution in [0.2, 0.25) is 10.0 Å². The Balaban J connectivity index is 1.84. The second-order valence-electron chi connectivity index (χ2n) is 8.26. The molecule has 2 unspecified atom stereocenters. The van der Waals surface area contributed by atoms with Crippen molar-refractivity contribution in [2.45, 2.75) is 38.5 Å². The molecule has 3 rings (SSSR count). The first kappa shape index (κ1) is 20.4. The SMILES string of the molecule is CCCCN1CC2CN(S(=O)(=O)c3cc(Cl)cc(Cl)c3)CC(C1)C2(C)C. The molecule has 1 aromatic carbocycles. The molecule has 2 fully saturated rings. The molecule has 2 saturated heterocycles. The van der Waals surface area contributed by atoms with Crippen molar-refractivity contribution in [2.75, 3.05) is 32.7 Å². The molecule has 0 N–H and O–H groups in total. The number of piperidine rings is 2. The van der Waals surface area contributed by atoms with E-state index in [-0.39, 0.29) is 10.3 Å². The second kappa shape index (κ2) is 7.59. The highest BCUT2D eigenvalue weighted by Crippen LogP contribution is 2.45. The van der Waals surface area contributed by atoms with Gasteiger partial charge in [0.15, 0.2) is 0 Å². The summed E-state index contributed by atoms with van der Waals surface area (Å²) >= 11 is 12.1. The van der Waals surface area contributed by atoms with E-state index in [0.717, 1.165) is 19.6 Å². The van der Waals surface area contributed by atoms with E-state index >= 15 is 0 Å². The zero-order valence-electron chi connectivity index (χ0n) is 15.7. The van der Waals surface area contributed by atoms with E-state index in [1.54, 1.807) is 10.4 Å². The van der Waals surface area contributed by atoms with Gasteiger partial charge in [-0.2, -0.15) is 4.31 Å². The minimum Gasteiger partial charge on any atom is -0.303 e. The van der Waals surface area contributed by atoms with Gasteiger partial charge in [0.1, 0.15) is 0 Å². The molecule has 2 aliphatic heterocycles. The van der Waals surface area contributed by atoms with Crippen molar-refractivity contribution in [3.63, 3.8) is 0 Å². The van der Waals surface area contributed by atoms with Gasteiger partial charge in [-0.3, -0.25) is 0 Å². The van der Waals surface area contributed by atoms with Crippen molar-refractivity contribution in [1.29, 1.82) is 0 Å². The summed E-state index contributed by atoms with van der Waals surface area (Å²) in [6.45, 7) is 10.9. The fourth-order valence-electron chi connectivity index (χ4n) is 4.24. The van der Waals surface area contributed by atoms with Crippen LogP contribution < -0.4 is 0 Å². The largest absolute Gasteiger partial charge is 0.303 e. The minimum absolute atomic E-state index is 0.153. The first-order valence-corrected chi connectivity index (χ1v) is 11.5. The van der Waals surface area contributed by atoms with Crippen LogP contribution in [-0.2, 0) is 10.0 Å². The molecule has 2 bridgehead atoms.